The van der Waals surface area contributed by atoms with Crippen molar-refractivity contribution in [3.05, 3.63) is 40.9 Å². The first kappa shape index (κ1) is 19.5. The van der Waals surface area contributed by atoms with Crippen molar-refractivity contribution >= 4 is 13.2 Å². The van der Waals surface area contributed by atoms with Crippen LogP contribution in [-0.2, 0) is 20.6 Å². The second-order valence-corrected chi connectivity index (χ2v) is 7.84. The summed E-state index contributed by atoms with van der Waals surface area (Å²) in [6, 6.07) is 2.70. The highest BCUT2D eigenvalue weighted by molar-refractivity contribution is 6.52. The fraction of sp³-hybridized carbons (Fsp3) is 0.579. The maximum atomic E-state index is 14.4. The molecule has 0 atom stereocenters. The zero-order valence-electron chi connectivity index (χ0n) is 15.9. The van der Waals surface area contributed by atoms with E-state index in [1.54, 1.807) is 12.1 Å². The first-order valence-electron chi connectivity index (χ1n) is 9.00. The number of hydrogen-bond donors (Lipinski definition) is 0. The molecular formula is C19H26BF2NO3. The van der Waals surface area contributed by atoms with Crippen LogP contribution in [0.1, 0.15) is 38.8 Å². The van der Waals surface area contributed by atoms with Crippen molar-refractivity contribution in [2.75, 3.05) is 26.3 Å². The Bertz CT molecular complexity index is 648. The molecule has 0 radical (unpaired) electrons. The number of morpholine rings is 1. The molecule has 142 valence electrons. The van der Waals surface area contributed by atoms with E-state index in [2.05, 4.69) is 0 Å². The fourth-order valence-electron chi connectivity index (χ4n) is 3.01. The van der Waals surface area contributed by atoms with Crippen molar-refractivity contribution in [1.82, 2.24) is 4.90 Å². The van der Waals surface area contributed by atoms with Crippen LogP contribution in [-0.4, -0.2) is 49.5 Å². The average molecular weight is 365 g/mol. The van der Waals surface area contributed by atoms with Crippen molar-refractivity contribution in [1.29, 1.82) is 0 Å². The summed E-state index contributed by atoms with van der Waals surface area (Å²) < 4.78 is 45.8. The molecule has 0 aliphatic carbocycles. The first-order valence-corrected chi connectivity index (χ1v) is 9.00. The lowest BCUT2D eigenvalue weighted by atomic mass is 9.89. The van der Waals surface area contributed by atoms with Gasteiger partial charge in [0.15, 0.2) is 0 Å². The van der Waals surface area contributed by atoms with E-state index in [9.17, 15) is 8.78 Å². The van der Waals surface area contributed by atoms with Crippen molar-refractivity contribution in [3.63, 3.8) is 0 Å². The van der Waals surface area contributed by atoms with Gasteiger partial charge in [0.2, 0.25) is 0 Å². The van der Waals surface area contributed by atoms with Crippen LogP contribution >= 0.6 is 0 Å². The van der Waals surface area contributed by atoms with Crippen molar-refractivity contribution < 1.29 is 22.8 Å². The lowest BCUT2D eigenvalue weighted by Gasteiger charge is -2.32. The third kappa shape index (κ3) is 4.17. The molecule has 2 saturated heterocycles. The summed E-state index contributed by atoms with van der Waals surface area (Å²) in [5.74, 6) is 0.613. The van der Waals surface area contributed by atoms with Crippen LogP contribution in [0.5, 0.6) is 0 Å². The van der Waals surface area contributed by atoms with Crippen LogP contribution in [0.25, 0.3) is 6.08 Å². The molecule has 1 aromatic rings. The number of benzene rings is 1. The standard InChI is InChI=1S/C19H26BF2NO3/c1-18(2)19(3,4)26-20(25-18)6-5-14-11-16(21)15(17(22)12-14)13-23-7-9-24-10-8-23/h5-6,11-12H,7-10,13H2,1-4H3. The molecule has 2 aliphatic heterocycles. The summed E-state index contributed by atoms with van der Waals surface area (Å²) in [6.07, 6.45) is 1.63. The number of halogens is 2. The van der Waals surface area contributed by atoms with E-state index in [1.807, 2.05) is 32.6 Å². The molecule has 26 heavy (non-hydrogen) atoms. The van der Waals surface area contributed by atoms with Gasteiger partial charge in [-0.25, -0.2) is 8.78 Å². The van der Waals surface area contributed by atoms with Gasteiger partial charge in [-0.1, -0.05) is 12.1 Å². The highest BCUT2D eigenvalue weighted by Crippen LogP contribution is 2.37. The summed E-state index contributed by atoms with van der Waals surface area (Å²) in [6.45, 7) is 10.6. The lowest BCUT2D eigenvalue weighted by Crippen LogP contribution is -2.41. The van der Waals surface area contributed by atoms with Crippen LogP contribution in [0, 0.1) is 11.6 Å². The van der Waals surface area contributed by atoms with Crippen LogP contribution in [0.4, 0.5) is 8.78 Å². The largest absolute Gasteiger partial charge is 0.487 e. The van der Waals surface area contributed by atoms with Gasteiger partial charge < -0.3 is 14.0 Å². The molecule has 0 bridgehead atoms. The molecule has 7 heteroatoms. The third-order valence-electron chi connectivity index (χ3n) is 5.37. The van der Waals surface area contributed by atoms with Crippen LogP contribution in [0.2, 0.25) is 0 Å². The van der Waals surface area contributed by atoms with Crippen molar-refractivity contribution in [2.24, 2.45) is 0 Å². The predicted molar refractivity (Wildman–Crippen MR) is 97.6 cm³/mol. The Morgan fingerprint density at radius 2 is 1.58 bits per heavy atom. The van der Waals surface area contributed by atoms with E-state index in [0.717, 1.165) is 0 Å². The zero-order valence-corrected chi connectivity index (χ0v) is 15.9. The molecule has 0 aromatic heterocycles. The highest BCUT2D eigenvalue weighted by atomic mass is 19.1. The summed E-state index contributed by atoms with van der Waals surface area (Å²) in [5.41, 5.74) is -0.346. The van der Waals surface area contributed by atoms with Gasteiger partial charge in [0.05, 0.1) is 24.4 Å². The summed E-state index contributed by atoms with van der Waals surface area (Å²) in [7, 11) is -0.542. The van der Waals surface area contributed by atoms with Gasteiger partial charge in [0.1, 0.15) is 11.6 Å². The minimum Gasteiger partial charge on any atom is -0.400 e. The van der Waals surface area contributed by atoms with E-state index in [0.29, 0.717) is 31.9 Å². The lowest BCUT2D eigenvalue weighted by molar-refractivity contribution is 0.00578. The van der Waals surface area contributed by atoms with Crippen molar-refractivity contribution in [2.45, 2.75) is 45.4 Å². The van der Waals surface area contributed by atoms with Gasteiger partial charge in [-0.2, -0.15) is 0 Å². The molecule has 1 aromatic carbocycles. The Kier molecular flexibility index (Phi) is 5.54. The third-order valence-corrected chi connectivity index (χ3v) is 5.37. The molecule has 3 rings (SSSR count). The molecule has 2 aliphatic rings. The van der Waals surface area contributed by atoms with E-state index in [4.69, 9.17) is 14.0 Å². The van der Waals surface area contributed by atoms with E-state index in [1.165, 1.54) is 12.1 Å². The quantitative estimate of drug-likeness (QED) is 0.765. The zero-order chi connectivity index (χ0) is 18.9. The van der Waals surface area contributed by atoms with Gasteiger partial charge in [-0.05, 0) is 45.4 Å². The normalized spacial score (nSPS) is 23.1. The minimum atomic E-state index is -0.542. The number of nitrogens with zero attached hydrogens (tertiary/aromatic N) is 1. The minimum absolute atomic E-state index is 0.0969. The molecule has 0 saturated carbocycles. The average Bonchev–Trinajstić information content (AvgIpc) is 2.77. The summed E-state index contributed by atoms with van der Waals surface area (Å²) in [4.78, 5) is 1.99. The van der Waals surface area contributed by atoms with Crippen LogP contribution in [0.3, 0.4) is 0 Å². The fourth-order valence-corrected chi connectivity index (χ4v) is 3.01. The Hall–Kier alpha value is -1.28. The van der Waals surface area contributed by atoms with Gasteiger partial charge in [-0.15, -0.1) is 0 Å². The summed E-state index contributed by atoms with van der Waals surface area (Å²) in [5, 5.41) is 0. The Balaban J connectivity index is 1.70. The first-order chi connectivity index (χ1) is 12.2. The maximum Gasteiger partial charge on any atom is 0.487 e. The molecule has 0 N–H and O–H groups in total. The van der Waals surface area contributed by atoms with Crippen LogP contribution in [0.15, 0.2) is 18.1 Å². The number of ether oxygens (including phenoxy) is 1. The highest BCUT2D eigenvalue weighted by Gasteiger charge is 2.50. The molecule has 4 nitrogen and oxygen atoms in total. The number of rotatable bonds is 4. The maximum absolute atomic E-state index is 14.4. The molecule has 0 spiro atoms. The van der Waals surface area contributed by atoms with Crippen molar-refractivity contribution in [3.8, 4) is 0 Å². The molecular weight excluding hydrogens is 339 g/mol. The van der Waals surface area contributed by atoms with E-state index < -0.39 is 30.0 Å². The Morgan fingerprint density at radius 1 is 1.04 bits per heavy atom. The Labute approximate surface area is 154 Å². The van der Waals surface area contributed by atoms with E-state index in [-0.39, 0.29) is 12.1 Å². The van der Waals surface area contributed by atoms with E-state index >= 15 is 0 Å². The second kappa shape index (κ2) is 7.39. The van der Waals surface area contributed by atoms with Gasteiger partial charge in [0.25, 0.3) is 0 Å². The second-order valence-electron chi connectivity index (χ2n) is 7.84. The predicted octanol–water partition coefficient (Wildman–Crippen LogP) is 3.44. The SMILES string of the molecule is CC1(C)OB(C=Cc2cc(F)c(CN3CCOCC3)c(F)c2)OC1(C)C. The monoisotopic (exact) mass is 365 g/mol. The van der Waals surface area contributed by atoms with Gasteiger partial charge >= 0.3 is 7.12 Å². The van der Waals surface area contributed by atoms with Gasteiger partial charge in [-0.3, -0.25) is 4.90 Å². The molecule has 2 fully saturated rings. The molecule has 0 unspecified atom stereocenters. The smallest absolute Gasteiger partial charge is 0.400 e. The van der Waals surface area contributed by atoms with Crippen LogP contribution < -0.4 is 0 Å². The number of hydrogen-bond acceptors (Lipinski definition) is 4. The molecule has 0 amide bonds. The topological polar surface area (TPSA) is 30.9 Å². The Morgan fingerprint density at radius 3 is 2.12 bits per heavy atom. The summed E-state index contributed by atoms with van der Waals surface area (Å²) >= 11 is 0. The molecule has 2 heterocycles. The van der Waals surface area contributed by atoms with Gasteiger partial charge in [0, 0.05) is 25.2 Å².